The lowest BCUT2D eigenvalue weighted by Crippen LogP contribution is -2.33. The Balaban J connectivity index is 2.24. The number of benzene rings is 2. The average molecular weight is 369 g/mol. The molecule has 2 aromatic rings. The van der Waals surface area contributed by atoms with Gasteiger partial charge in [-0.15, -0.1) is 0 Å². The Bertz CT molecular complexity index is 783. The van der Waals surface area contributed by atoms with Gasteiger partial charge in [0.25, 0.3) is 0 Å². The fourth-order valence-electron chi connectivity index (χ4n) is 2.32. The molecule has 27 heavy (non-hydrogen) atoms. The third-order valence-corrected chi connectivity index (χ3v) is 3.57. The zero-order valence-corrected chi connectivity index (χ0v) is 15.7. The summed E-state index contributed by atoms with van der Waals surface area (Å²) in [6, 6.07) is 15.3. The van der Waals surface area contributed by atoms with Crippen molar-refractivity contribution in [3.63, 3.8) is 0 Å². The number of hydrogen-bond donors (Lipinski definition) is 0. The van der Waals surface area contributed by atoms with Crippen LogP contribution >= 0.6 is 0 Å². The molecular weight excluding hydrogens is 346 g/mol. The van der Waals surface area contributed by atoms with Gasteiger partial charge in [0.1, 0.15) is 11.5 Å². The highest BCUT2D eigenvalue weighted by atomic mass is 16.6. The summed E-state index contributed by atoms with van der Waals surface area (Å²) in [4.78, 5) is 28.4. The predicted molar refractivity (Wildman–Crippen MR) is 102 cm³/mol. The van der Waals surface area contributed by atoms with Crippen LogP contribution in [-0.2, 0) is 19.1 Å². The number of carbonyl (C=O) groups excluding carboxylic acids is 2. The molecule has 0 heterocycles. The fourth-order valence-corrected chi connectivity index (χ4v) is 2.32. The Morgan fingerprint density at radius 2 is 1.48 bits per heavy atom. The largest absolute Gasteiger partial charge is 0.464 e. The Morgan fingerprint density at radius 3 is 2.07 bits per heavy atom. The molecule has 0 unspecified atom stereocenters. The number of ether oxygens (including phenoxy) is 3. The number of hydrogen-bond acceptors (Lipinski definition) is 6. The summed E-state index contributed by atoms with van der Waals surface area (Å²) in [6.07, 6.45) is 0. The third kappa shape index (κ3) is 5.95. The summed E-state index contributed by atoms with van der Waals surface area (Å²) in [5.74, 6) is -0.129. The van der Waals surface area contributed by atoms with E-state index in [1.807, 2.05) is 48.5 Å². The molecule has 0 bridgehead atoms. The molecule has 0 amide bonds. The maximum Gasteiger partial charge on any atom is 0.342 e. The molecule has 6 heteroatoms. The molecule has 0 radical (unpaired) electrons. The van der Waals surface area contributed by atoms with E-state index in [-0.39, 0.29) is 13.2 Å². The van der Waals surface area contributed by atoms with Gasteiger partial charge >= 0.3 is 11.9 Å². The summed E-state index contributed by atoms with van der Waals surface area (Å²) in [6.45, 7) is 5.36. The molecule has 0 atom stereocenters. The first-order valence-electron chi connectivity index (χ1n) is 8.76. The normalized spacial score (nSPS) is 11.2. The van der Waals surface area contributed by atoms with E-state index in [2.05, 4.69) is 4.99 Å². The van der Waals surface area contributed by atoms with Crippen LogP contribution in [0, 0.1) is 0 Å². The molecule has 0 saturated heterocycles. The zero-order chi connectivity index (χ0) is 19.6. The van der Waals surface area contributed by atoms with Crippen LogP contribution in [0.25, 0.3) is 0 Å². The Labute approximate surface area is 158 Å². The Hall–Kier alpha value is -3.15. The Morgan fingerprint density at radius 1 is 0.889 bits per heavy atom. The summed E-state index contributed by atoms with van der Waals surface area (Å²) in [5.41, 5.74) is 1.22. The first-order valence-corrected chi connectivity index (χ1v) is 8.76. The van der Waals surface area contributed by atoms with Crippen molar-refractivity contribution < 1.29 is 23.8 Å². The van der Waals surface area contributed by atoms with Crippen LogP contribution in [0.1, 0.15) is 26.3 Å². The fraction of sp³-hybridized carbons (Fsp3) is 0.286. The molecule has 0 aromatic heterocycles. The van der Waals surface area contributed by atoms with Crippen LogP contribution in [0.5, 0.6) is 11.5 Å². The van der Waals surface area contributed by atoms with E-state index in [1.165, 1.54) is 0 Å². The summed E-state index contributed by atoms with van der Waals surface area (Å²) in [7, 11) is 0. The second kappa shape index (κ2) is 10.1. The van der Waals surface area contributed by atoms with E-state index < -0.39 is 18.0 Å². The molecule has 142 valence electrons. The monoisotopic (exact) mass is 369 g/mol. The SMILES string of the molecule is CCOC(=O)C(N=C(C)c1cccc(Oc2ccccc2)c1)C(=O)OCC. The minimum absolute atomic E-state index is 0.156. The minimum atomic E-state index is -1.34. The van der Waals surface area contributed by atoms with Crippen LogP contribution in [0.15, 0.2) is 59.6 Å². The molecule has 0 saturated carbocycles. The van der Waals surface area contributed by atoms with Gasteiger partial charge in [0, 0.05) is 5.71 Å². The van der Waals surface area contributed by atoms with Crippen molar-refractivity contribution in [2.45, 2.75) is 26.8 Å². The van der Waals surface area contributed by atoms with Crippen LogP contribution in [0.3, 0.4) is 0 Å². The number of carbonyl (C=O) groups is 2. The van der Waals surface area contributed by atoms with Gasteiger partial charge in [0.15, 0.2) is 0 Å². The van der Waals surface area contributed by atoms with E-state index in [9.17, 15) is 9.59 Å². The van der Waals surface area contributed by atoms with Gasteiger partial charge in [-0.05, 0) is 50.6 Å². The highest BCUT2D eigenvalue weighted by molar-refractivity contribution is 6.05. The van der Waals surface area contributed by atoms with Crippen molar-refractivity contribution in [2.75, 3.05) is 13.2 Å². The van der Waals surface area contributed by atoms with E-state index in [0.717, 1.165) is 5.56 Å². The summed E-state index contributed by atoms with van der Waals surface area (Å²) in [5, 5.41) is 0. The molecule has 0 N–H and O–H groups in total. The van der Waals surface area contributed by atoms with Gasteiger partial charge in [0.05, 0.1) is 13.2 Å². The molecular formula is C21H23NO5. The lowest BCUT2D eigenvalue weighted by molar-refractivity contribution is -0.156. The lowest BCUT2D eigenvalue weighted by atomic mass is 10.1. The molecule has 2 aromatic carbocycles. The van der Waals surface area contributed by atoms with Crippen molar-refractivity contribution in [3.8, 4) is 11.5 Å². The van der Waals surface area contributed by atoms with Crippen molar-refractivity contribution in [1.29, 1.82) is 0 Å². The zero-order valence-electron chi connectivity index (χ0n) is 15.7. The minimum Gasteiger partial charge on any atom is -0.464 e. The van der Waals surface area contributed by atoms with Crippen molar-refractivity contribution in [3.05, 3.63) is 60.2 Å². The molecule has 0 fully saturated rings. The third-order valence-electron chi connectivity index (χ3n) is 3.57. The number of rotatable bonds is 8. The predicted octanol–water partition coefficient (Wildman–Crippen LogP) is 3.78. The quantitative estimate of drug-likeness (QED) is 0.402. The van der Waals surface area contributed by atoms with Gasteiger partial charge in [-0.3, -0.25) is 4.99 Å². The molecule has 0 aliphatic carbocycles. The molecule has 0 aliphatic rings. The number of para-hydroxylation sites is 1. The summed E-state index contributed by atoms with van der Waals surface area (Å²) >= 11 is 0. The van der Waals surface area contributed by atoms with E-state index >= 15 is 0 Å². The van der Waals surface area contributed by atoms with Crippen LogP contribution in [-0.4, -0.2) is 36.9 Å². The second-order valence-electron chi connectivity index (χ2n) is 5.56. The Kier molecular flexibility index (Phi) is 7.55. The van der Waals surface area contributed by atoms with Crippen molar-refractivity contribution in [1.82, 2.24) is 0 Å². The first-order chi connectivity index (χ1) is 13.0. The summed E-state index contributed by atoms with van der Waals surface area (Å²) < 4.78 is 15.7. The van der Waals surface area contributed by atoms with E-state index in [0.29, 0.717) is 17.2 Å². The van der Waals surface area contributed by atoms with E-state index in [1.54, 1.807) is 26.8 Å². The van der Waals surface area contributed by atoms with E-state index in [4.69, 9.17) is 14.2 Å². The maximum atomic E-state index is 12.1. The number of esters is 2. The highest BCUT2D eigenvalue weighted by Gasteiger charge is 2.29. The lowest BCUT2D eigenvalue weighted by Gasteiger charge is -2.12. The molecule has 0 aliphatic heterocycles. The van der Waals surface area contributed by atoms with Crippen molar-refractivity contribution in [2.24, 2.45) is 4.99 Å². The maximum absolute atomic E-state index is 12.1. The molecule has 0 spiro atoms. The number of nitrogens with zero attached hydrogens (tertiary/aromatic N) is 1. The van der Waals surface area contributed by atoms with Gasteiger partial charge in [-0.2, -0.15) is 0 Å². The van der Waals surface area contributed by atoms with Gasteiger partial charge in [-0.1, -0.05) is 30.3 Å². The van der Waals surface area contributed by atoms with Crippen LogP contribution in [0.4, 0.5) is 0 Å². The topological polar surface area (TPSA) is 74.2 Å². The second-order valence-corrected chi connectivity index (χ2v) is 5.56. The van der Waals surface area contributed by atoms with Crippen molar-refractivity contribution >= 4 is 17.7 Å². The highest BCUT2D eigenvalue weighted by Crippen LogP contribution is 2.22. The van der Waals surface area contributed by atoms with Crippen LogP contribution < -0.4 is 4.74 Å². The smallest absolute Gasteiger partial charge is 0.342 e. The molecule has 6 nitrogen and oxygen atoms in total. The van der Waals surface area contributed by atoms with Crippen LogP contribution in [0.2, 0.25) is 0 Å². The molecule has 2 rings (SSSR count). The standard InChI is InChI=1S/C21H23NO5/c1-4-25-20(23)19(21(24)26-5-2)22-15(3)16-10-9-13-18(14-16)27-17-11-7-6-8-12-17/h6-14,19H,4-5H2,1-3H3. The average Bonchev–Trinajstić information content (AvgIpc) is 2.67. The number of aliphatic imine (C=N–C) groups is 1. The first kappa shape index (κ1) is 20.2. The van der Waals surface area contributed by atoms with Gasteiger partial charge in [0.2, 0.25) is 6.04 Å². The van der Waals surface area contributed by atoms with Gasteiger partial charge < -0.3 is 14.2 Å². The van der Waals surface area contributed by atoms with Gasteiger partial charge in [-0.25, -0.2) is 9.59 Å².